The Morgan fingerprint density at radius 1 is 1.38 bits per heavy atom. The predicted octanol–water partition coefficient (Wildman–Crippen LogP) is 2.26. The largest absolute Gasteiger partial charge is 0.328 e. The second kappa shape index (κ2) is 4.58. The molecule has 0 aliphatic carbocycles. The molecule has 3 aliphatic rings. The van der Waals surface area contributed by atoms with Crippen LogP contribution in [0.4, 0.5) is 5.69 Å². The van der Waals surface area contributed by atoms with Gasteiger partial charge in [-0.2, -0.15) is 4.58 Å². The zero-order chi connectivity index (χ0) is 14.6. The van der Waals surface area contributed by atoms with E-state index in [9.17, 15) is 9.90 Å². The molecule has 4 rings (SSSR count). The normalized spacial score (nSPS) is 30.8. The van der Waals surface area contributed by atoms with Crippen LogP contribution in [0.1, 0.15) is 38.2 Å². The van der Waals surface area contributed by atoms with Gasteiger partial charge in [-0.15, -0.1) is 0 Å². The predicted molar refractivity (Wildman–Crippen MR) is 83.5 cm³/mol. The van der Waals surface area contributed by atoms with Crippen molar-refractivity contribution in [2.45, 2.75) is 43.7 Å². The minimum Gasteiger partial charge on any atom is -0.328 e. The van der Waals surface area contributed by atoms with E-state index >= 15 is 0 Å². The number of para-hydroxylation sites is 1. The van der Waals surface area contributed by atoms with Crippen LogP contribution in [0, 0.1) is 0 Å². The number of benzene rings is 1. The number of aliphatic hydroxyl groups is 1. The molecule has 0 fully saturated rings. The highest BCUT2D eigenvalue weighted by atomic mass is 32.2. The minimum atomic E-state index is -1.06. The van der Waals surface area contributed by atoms with Crippen LogP contribution in [-0.4, -0.2) is 32.6 Å². The van der Waals surface area contributed by atoms with Crippen molar-refractivity contribution in [3.8, 4) is 0 Å². The van der Waals surface area contributed by atoms with Crippen LogP contribution >= 0.6 is 11.8 Å². The summed E-state index contributed by atoms with van der Waals surface area (Å²) >= 11 is 1.67. The molecule has 0 saturated carbocycles. The molecule has 2 atom stereocenters. The Morgan fingerprint density at radius 3 is 3.00 bits per heavy atom. The van der Waals surface area contributed by atoms with Gasteiger partial charge in [-0.3, -0.25) is 9.69 Å². The lowest BCUT2D eigenvalue weighted by atomic mass is 10.0. The van der Waals surface area contributed by atoms with Gasteiger partial charge in [0, 0.05) is 19.8 Å². The number of rotatable bonds is 0. The zero-order valence-corrected chi connectivity index (χ0v) is 12.9. The Bertz CT molecular complexity index is 657. The van der Waals surface area contributed by atoms with Gasteiger partial charge in [-0.25, -0.2) is 0 Å². The van der Waals surface area contributed by atoms with Gasteiger partial charge in [0.25, 0.3) is 0 Å². The third-order valence-corrected chi connectivity index (χ3v) is 6.17. The fourth-order valence-corrected chi connectivity index (χ4v) is 5.44. The maximum Gasteiger partial charge on any atom is 0.326 e. The Hall–Kier alpha value is -1.33. The molecule has 1 amide bonds. The van der Waals surface area contributed by atoms with Crippen molar-refractivity contribution in [3.05, 3.63) is 29.8 Å². The standard InChI is InChI=1S/C16H19N2O2S/c1-11(19)18-13-8-5-4-7-12(13)16(20)15(18)21-14-9-3-2-6-10-17(14)16/h4-5,7-8,15,20H,2-3,6,9-10H2,1H3/q+1/t15-,16-/m0/s1. The van der Waals surface area contributed by atoms with Crippen molar-refractivity contribution < 1.29 is 14.5 Å². The summed E-state index contributed by atoms with van der Waals surface area (Å²) in [6.07, 6.45) is 4.49. The van der Waals surface area contributed by atoms with Crippen LogP contribution in [0.3, 0.4) is 0 Å². The van der Waals surface area contributed by atoms with Crippen molar-refractivity contribution in [3.63, 3.8) is 0 Å². The minimum absolute atomic E-state index is 0.00543. The first-order valence-electron chi connectivity index (χ1n) is 7.56. The van der Waals surface area contributed by atoms with Gasteiger partial charge in [0.15, 0.2) is 5.37 Å². The molecule has 1 aromatic rings. The van der Waals surface area contributed by atoms with Crippen molar-refractivity contribution in [1.82, 2.24) is 0 Å². The van der Waals surface area contributed by atoms with Crippen LogP contribution in [0.5, 0.6) is 0 Å². The summed E-state index contributed by atoms with van der Waals surface area (Å²) in [5, 5.41) is 12.5. The molecule has 0 spiro atoms. The van der Waals surface area contributed by atoms with E-state index in [1.807, 2.05) is 24.3 Å². The Morgan fingerprint density at radius 2 is 2.19 bits per heavy atom. The molecular weight excluding hydrogens is 284 g/mol. The van der Waals surface area contributed by atoms with Crippen molar-refractivity contribution in [1.29, 1.82) is 0 Å². The Balaban J connectivity index is 1.91. The number of carbonyl (C=O) groups is 1. The maximum atomic E-state index is 12.1. The number of amides is 1. The summed E-state index contributed by atoms with van der Waals surface area (Å²) in [7, 11) is 0. The molecule has 1 N–H and O–H groups in total. The summed E-state index contributed by atoms with van der Waals surface area (Å²) in [5.41, 5.74) is 0.662. The van der Waals surface area contributed by atoms with Gasteiger partial charge in [0.2, 0.25) is 11.0 Å². The second-order valence-electron chi connectivity index (χ2n) is 5.96. The molecule has 3 aliphatic heterocycles. The van der Waals surface area contributed by atoms with E-state index in [0.717, 1.165) is 30.6 Å². The molecule has 3 heterocycles. The first-order valence-corrected chi connectivity index (χ1v) is 8.44. The molecule has 21 heavy (non-hydrogen) atoms. The van der Waals surface area contributed by atoms with E-state index in [4.69, 9.17) is 0 Å². The fourth-order valence-electron chi connectivity index (χ4n) is 3.78. The monoisotopic (exact) mass is 303 g/mol. The van der Waals surface area contributed by atoms with E-state index < -0.39 is 5.72 Å². The number of thioether (sulfide) groups is 1. The van der Waals surface area contributed by atoms with Crippen LogP contribution in [0.2, 0.25) is 0 Å². The van der Waals surface area contributed by atoms with Crippen LogP contribution < -0.4 is 4.90 Å². The van der Waals surface area contributed by atoms with Gasteiger partial charge in [-0.05, 0) is 36.7 Å². The zero-order valence-electron chi connectivity index (χ0n) is 12.1. The van der Waals surface area contributed by atoms with Crippen LogP contribution in [-0.2, 0) is 10.5 Å². The molecule has 1 aromatic carbocycles. The summed E-state index contributed by atoms with van der Waals surface area (Å²) in [4.78, 5) is 13.9. The number of anilines is 1. The average molecular weight is 303 g/mol. The van der Waals surface area contributed by atoms with E-state index in [1.54, 1.807) is 23.6 Å². The number of hydrogen-bond acceptors (Lipinski definition) is 3. The highest BCUT2D eigenvalue weighted by Gasteiger charge is 2.65. The lowest BCUT2D eigenvalue weighted by Gasteiger charge is -2.24. The van der Waals surface area contributed by atoms with Crippen LogP contribution in [0.25, 0.3) is 0 Å². The van der Waals surface area contributed by atoms with Crippen molar-refractivity contribution >= 4 is 28.4 Å². The molecule has 4 nitrogen and oxygen atoms in total. The average Bonchev–Trinajstić information content (AvgIpc) is 2.75. The summed E-state index contributed by atoms with van der Waals surface area (Å²) in [5.74, 6) is -0.00543. The van der Waals surface area contributed by atoms with Crippen molar-refractivity contribution in [2.75, 3.05) is 11.4 Å². The molecule has 0 bridgehead atoms. The van der Waals surface area contributed by atoms with Crippen molar-refractivity contribution in [2.24, 2.45) is 0 Å². The smallest absolute Gasteiger partial charge is 0.326 e. The molecule has 0 unspecified atom stereocenters. The Kier molecular flexibility index (Phi) is 2.91. The highest BCUT2D eigenvalue weighted by molar-refractivity contribution is 8.14. The van der Waals surface area contributed by atoms with Gasteiger partial charge in [0.1, 0.15) is 6.54 Å². The van der Waals surface area contributed by atoms with Gasteiger partial charge < -0.3 is 5.11 Å². The quantitative estimate of drug-likeness (QED) is 0.748. The topological polar surface area (TPSA) is 43.6 Å². The lowest BCUT2D eigenvalue weighted by molar-refractivity contribution is -0.661. The van der Waals surface area contributed by atoms with E-state index in [1.165, 1.54) is 17.9 Å². The number of fused-ring (bicyclic) bond motifs is 4. The fraction of sp³-hybridized carbons (Fsp3) is 0.500. The summed E-state index contributed by atoms with van der Waals surface area (Å²) in [6, 6.07) is 7.76. The number of carbonyl (C=O) groups excluding carboxylic acids is 1. The summed E-state index contributed by atoms with van der Waals surface area (Å²) in [6.45, 7) is 2.45. The maximum absolute atomic E-state index is 12.1. The number of nitrogens with zero attached hydrogens (tertiary/aromatic N) is 2. The third-order valence-electron chi connectivity index (χ3n) is 4.71. The molecule has 110 valence electrons. The van der Waals surface area contributed by atoms with E-state index in [-0.39, 0.29) is 11.3 Å². The van der Waals surface area contributed by atoms with Gasteiger partial charge in [-0.1, -0.05) is 12.1 Å². The molecule has 5 heteroatoms. The molecular formula is C16H19N2O2S+. The van der Waals surface area contributed by atoms with Gasteiger partial charge in [0.05, 0.1) is 11.3 Å². The second-order valence-corrected chi connectivity index (χ2v) is 7.11. The Labute approximate surface area is 128 Å². The molecule has 0 aromatic heterocycles. The SMILES string of the molecule is CC(=O)N1c2ccccc2[C@]2(O)[C@@H]1SC1=[N+]2CCCCC1. The van der Waals surface area contributed by atoms with E-state index in [0.29, 0.717) is 0 Å². The number of hydrogen-bond donors (Lipinski definition) is 1. The van der Waals surface area contributed by atoms with Crippen LogP contribution in [0.15, 0.2) is 24.3 Å². The first-order chi connectivity index (χ1) is 10.1. The molecule has 0 saturated heterocycles. The lowest BCUT2D eigenvalue weighted by Crippen LogP contribution is -2.48. The van der Waals surface area contributed by atoms with Gasteiger partial charge >= 0.3 is 5.72 Å². The summed E-state index contributed by atoms with van der Waals surface area (Å²) < 4.78 is 2.15. The highest BCUT2D eigenvalue weighted by Crippen LogP contribution is 2.53. The van der Waals surface area contributed by atoms with E-state index in [2.05, 4.69) is 4.58 Å². The third kappa shape index (κ3) is 1.67. The molecule has 0 radical (unpaired) electrons. The first kappa shape index (κ1) is 13.3.